The molecule has 19 heavy (non-hydrogen) atoms. The van der Waals surface area contributed by atoms with Crippen molar-refractivity contribution in [3.05, 3.63) is 33.9 Å². The summed E-state index contributed by atoms with van der Waals surface area (Å²) in [5.74, 6) is 1.47. The van der Waals surface area contributed by atoms with Crippen LogP contribution in [0.4, 0.5) is 11.6 Å². The Hall–Kier alpha value is -1.57. The van der Waals surface area contributed by atoms with E-state index in [1.165, 1.54) is 3.57 Å². The van der Waals surface area contributed by atoms with Crippen molar-refractivity contribution in [2.75, 3.05) is 26.2 Å². The van der Waals surface area contributed by atoms with Gasteiger partial charge in [0.1, 0.15) is 0 Å². The molecule has 0 spiro atoms. The summed E-state index contributed by atoms with van der Waals surface area (Å²) < 4.78 is 11.5. The third-order valence-electron chi connectivity index (χ3n) is 2.60. The first-order valence-electron chi connectivity index (χ1n) is 5.60. The average molecular weight is 371 g/mol. The monoisotopic (exact) mass is 371 g/mol. The standard InChI is InChI=1S/C13H14IN3O2/c1-17(10-6-4-9(14)5-7-10)13-15-11(18-2)8-12(16-13)19-3/h4-8H,1-3H3. The van der Waals surface area contributed by atoms with Gasteiger partial charge in [0.2, 0.25) is 17.7 Å². The molecule has 0 bridgehead atoms. The number of halogens is 1. The first kappa shape index (κ1) is 13.9. The fourth-order valence-corrected chi connectivity index (χ4v) is 1.89. The molecule has 0 amide bonds. The topological polar surface area (TPSA) is 47.5 Å². The first-order valence-corrected chi connectivity index (χ1v) is 6.68. The maximum Gasteiger partial charge on any atom is 0.236 e. The molecule has 2 rings (SSSR count). The maximum absolute atomic E-state index is 5.14. The van der Waals surface area contributed by atoms with E-state index >= 15 is 0 Å². The number of methoxy groups -OCH3 is 2. The molecule has 1 aromatic carbocycles. The molecule has 5 nitrogen and oxygen atoms in total. The van der Waals surface area contributed by atoms with Crippen molar-refractivity contribution in [1.82, 2.24) is 9.97 Å². The lowest BCUT2D eigenvalue weighted by molar-refractivity contribution is 0.372. The summed E-state index contributed by atoms with van der Waals surface area (Å²) in [6.45, 7) is 0. The lowest BCUT2D eigenvalue weighted by Crippen LogP contribution is -2.13. The number of rotatable bonds is 4. The second-order valence-electron chi connectivity index (χ2n) is 3.79. The van der Waals surface area contributed by atoms with Crippen LogP contribution in [0.5, 0.6) is 11.8 Å². The Morgan fingerprint density at radius 2 is 1.53 bits per heavy atom. The highest BCUT2D eigenvalue weighted by Crippen LogP contribution is 2.25. The quantitative estimate of drug-likeness (QED) is 0.774. The van der Waals surface area contributed by atoms with E-state index in [1.807, 2.05) is 36.2 Å². The van der Waals surface area contributed by atoms with E-state index in [1.54, 1.807) is 20.3 Å². The Balaban J connectivity index is 2.37. The molecular formula is C13H14IN3O2. The summed E-state index contributed by atoms with van der Waals surface area (Å²) in [6.07, 6.45) is 0. The smallest absolute Gasteiger partial charge is 0.236 e. The zero-order chi connectivity index (χ0) is 13.8. The van der Waals surface area contributed by atoms with Crippen LogP contribution in [0.2, 0.25) is 0 Å². The Bertz CT molecular complexity index is 538. The van der Waals surface area contributed by atoms with Crippen LogP contribution < -0.4 is 14.4 Å². The van der Waals surface area contributed by atoms with Gasteiger partial charge in [-0.15, -0.1) is 0 Å². The molecule has 2 aromatic rings. The van der Waals surface area contributed by atoms with Crippen LogP contribution in [0.15, 0.2) is 30.3 Å². The number of hydrogen-bond acceptors (Lipinski definition) is 5. The fourth-order valence-electron chi connectivity index (χ4n) is 1.53. The van der Waals surface area contributed by atoms with E-state index in [9.17, 15) is 0 Å². The fraction of sp³-hybridized carbons (Fsp3) is 0.231. The summed E-state index contributed by atoms with van der Waals surface area (Å²) in [7, 11) is 5.03. The summed E-state index contributed by atoms with van der Waals surface area (Å²) >= 11 is 2.27. The lowest BCUT2D eigenvalue weighted by Gasteiger charge is -2.18. The van der Waals surface area contributed by atoms with Gasteiger partial charge in [0.15, 0.2) is 0 Å². The molecule has 1 heterocycles. The molecule has 0 radical (unpaired) electrons. The van der Waals surface area contributed by atoms with Crippen LogP contribution in [0, 0.1) is 3.57 Å². The molecule has 1 aromatic heterocycles. The molecule has 0 saturated carbocycles. The van der Waals surface area contributed by atoms with E-state index in [4.69, 9.17) is 9.47 Å². The second-order valence-corrected chi connectivity index (χ2v) is 5.03. The van der Waals surface area contributed by atoms with Crippen LogP contribution in [-0.2, 0) is 0 Å². The summed E-state index contributed by atoms with van der Waals surface area (Å²) in [5.41, 5.74) is 0.996. The van der Waals surface area contributed by atoms with Crippen LogP contribution in [0.25, 0.3) is 0 Å². The molecule has 0 aliphatic heterocycles. The Labute approximate surface area is 125 Å². The zero-order valence-electron chi connectivity index (χ0n) is 10.9. The Morgan fingerprint density at radius 1 is 1.00 bits per heavy atom. The van der Waals surface area contributed by atoms with Gasteiger partial charge in [0, 0.05) is 16.3 Å². The van der Waals surface area contributed by atoms with E-state index < -0.39 is 0 Å². The molecule has 0 aliphatic rings. The number of hydrogen-bond donors (Lipinski definition) is 0. The minimum atomic E-state index is 0.471. The molecule has 6 heteroatoms. The number of ether oxygens (including phenoxy) is 2. The number of aromatic nitrogens is 2. The average Bonchev–Trinajstić information content (AvgIpc) is 2.46. The van der Waals surface area contributed by atoms with Crippen molar-refractivity contribution in [2.24, 2.45) is 0 Å². The van der Waals surface area contributed by atoms with E-state index in [-0.39, 0.29) is 0 Å². The van der Waals surface area contributed by atoms with Gasteiger partial charge in [0.05, 0.1) is 20.3 Å². The Morgan fingerprint density at radius 3 is 2.00 bits per heavy atom. The highest BCUT2D eigenvalue weighted by Gasteiger charge is 2.11. The summed E-state index contributed by atoms with van der Waals surface area (Å²) in [6, 6.07) is 9.73. The highest BCUT2D eigenvalue weighted by atomic mass is 127. The van der Waals surface area contributed by atoms with Crippen molar-refractivity contribution in [1.29, 1.82) is 0 Å². The third-order valence-corrected chi connectivity index (χ3v) is 3.32. The SMILES string of the molecule is COc1cc(OC)nc(N(C)c2ccc(I)cc2)n1. The van der Waals surface area contributed by atoms with E-state index in [0.29, 0.717) is 17.7 Å². The van der Waals surface area contributed by atoms with Gasteiger partial charge in [-0.25, -0.2) is 0 Å². The van der Waals surface area contributed by atoms with Crippen molar-refractivity contribution >= 4 is 34.2 Å². The van der Waals surface area contributed by atoms with Gasteiger partial charge in [-0.3, -0.25) is 0 Å². The van der Waals surface area contributed by atoms with Gasteiger partial charge >= 0.3 is 0 Å². The largest absolute Gasteiger partial charge is 0.481 e. The minimum absolute atomic E-state index is 0.471. The van der Waals surface area contributed by atoms with Gasteiger partial charge in [-0.2, -0.15) is 9.97 Å². The minimum Gasteiger partial charge on any atom is -0.481 e. The van der Waals surface area contributed by atoms with Crippen LogP contribution in [0.3, 0.4) is 0 Å². The first-order chi connectivity index (χ1) is 9.13. The predicted octanol–water partition coefficient (Wildman–Crippen LogP) is 2.87. The highest BCUT2D eigenvalue weighted by molar-refractivity contribution is 14.1. The van der Waals surface area contributed by atoms with Crippen LogP contribution in [0.1, 0.15) is 0 Å². The van der Waals surface area contributed by atoms with Gasteiger partial charge in [-0.05, 0) is 46.9 Å². The Kier molecular flexibility index (Phi) is 4.41. The summed E-state index contributed by atoms with van der Waals surface area (Å²) in [4.78, 5) is 10.5. The summed E-state index contributed by atoms with van der Waals surface area (Å²) in [5, 5.41) is 0. The lowest BCUT2D eigenvalue weighted by atomic mass is 10.3. The molecular weight excluding hydrogens is 357 g/mol. The zero-order valence-corrected chi connectivity index (χ0v) is 13.1. The number of nitrogens with zero attached hydrogens (tertiary/aromatic N) is 3. The van der Waals surface area contributed by atoms with Crippen molar-refractivity contribution in [2.45, 2.75) is 0 Å². The van der Waals surface area contributed by atoms with Gasteiger partial charge < -0.3 is 14.4 Å². The second kappa shape index (κ2) is 6.05. The van der Waals surface area contributed by atoms with Gasteiger partial charge in [-0.1, -0.05) is 0 Å². The normalized spacial score (nSPS) is 10.1. The van der Waals surface area contributed by atoms with E-state index in [2.05, 4.69) is 32.6 Å². The maximum atomic E-state index is 5.14. The molecule has 0 fully saturated rings. The van der Waals surface area contributed by atoms with Gasteiger partial charge in [0.25, 0.3) is 0 Å². The van der Waals surface area contributed by atoms with Crippen molar-refractivity contribution in [3.63, 3.8) is 0 Å². The molecule has 100 valence electrons. The molecule has 0 N–H and O–H groups in total. The van der Waals surface area contributed by atoms with Crippen LogP contribution >= 0.6 is 22.6 Å². The van der Waals surface area contributed by atoms with Crippen molar-refractivity contribution < 1.29 is 9.47 Å². The number of anilines is 2. The molecule has 0 aliphatic carbocycles. The number of benzene rings is 1. The predicted molar refractivity (Wildman–Crippen MR) is 82.4 cm³/mol. The van der Waals surface area contributed by atoms with Crippen LogP contribution in [-0.4, -0.2) is 31.2 Å². The molecule has 0 unspecified atom stereocenters. The molecule has 0 atom stereocenters. The van der Waals surface area contributed by atoms with Crippen molar-refractivity contribution in [3.8, 4) is 11.8 Å². The van der Waals surface area contributed by atoms with E-state index in [0.717, 1.165) is 5.69 Å². The third kappa shape index (κ3) is 3.25. The molecule has 0 saturated heterocycles.